The number of hydrogen-bond donors (Lipinski definition) is 1. The Bertz CT molecular complexity index is 980. The first-order chi connectivity index (χ1) is 12.0. The Morgan fingerprint density at radius 1 is 1.32 bits per heavy atom. The largest absolute Gasteiger partial charge is 0.481 e. The fourth-order valence-electron chi connectivity index (χ4n) is 2.49. The molecule has 0 spiro atoms. The van der Waals surface area contributed by atoms with Crippen LogP contribution in [-0.2, 0) is 11.3 Å². The maximum atomic E-state index is 12.3. The van der Waals surface area contributed by atoms with Gasteiger partial charge in [0.1, 0.15) is 5.75 Å². The van der Waals surface area contributed by atoms with Gasteiger partial charge < -0.3 is 10.1 Å². The Balaban J connectivity index is 1.74. The fourth-order valence-corrected chi connectivity index (χ4v) is 3.66. The minimum absolute atomic E-state index is 0.00126. The molecule has 5 nitrogen and oxygen atoms in total. The Hall–Kier alpha value is -2.31. The third kappa shape index (κ3) is 3.86. The lowest BCUT2D eigenvalue weighted by Crippen LogP contribution is -2.30. The molecular weight excluding hydrogens is 360 g/mol. The van der Waals surface area contributed by atoms with E-state index in [0.29, 0.717) is 23.0 Å². The van der Waals surface area contributed by atoms with E-state index in [4.69, 9.17) is 16.3 Å². The van der Waals surface area contributed by atoms with Crippen molar-refractivity contribution in [3.8, 4) is 5.75 Å². The highest BCUT2D eigenvalue weighted by Gasteiger charge is 2.16. The first-order valence-corrected chi connectivity index (χ1v) is 9.04. The van der Waals surface area contributed by atoms with Crippen molar-refractivity contribution >= 4 is 44.7 Å². The van der Waals surface area contributed by atoms with Crippen LogP contribution in [0.2, 0.25) is 5.02 Å². The molecule has 1 aromatic heterocycles. The van der Waals surface area contributed by atoms with Crippen LogP contribution in [0.15, 0.2) is 47.3 Å². The zero-order chi connectivity index (χ0) is 18.0. The highest BCUT2D eigenvalue weighted by atomic mass is 35.5. The van der Waals surface area contributed by atoms with E-state index in [9.17, 15) is 9.59 Å². The van der Waals surface area contributed by atoms with Crippen LogP contribution in [0.25, 0.3) is 10.2 Å². The van der Waals surface area contributed by atoms with E-state index in [1.807, 2.05) is 13.0 Å². The normalized spacial score (nSPS) is 12.1. The molecule has 0 unspecified atom stereocenters. The first kappa shape index (κ1) is 17.5. The summed E-state index contributed by atoms with van der Waals surface area (Å²) in [5.41, 5.74) is 1.50. The molecule has 1 atom stereocenters. The SMILES string of the molecule is CCn1c(=O)sc2cc(NC(=O)[C@@H](C)Oc3cccc(Cl)c3)ccc21. The molecule has 7 heteroatoms. The number of thiazole rings is 1. The number of hydrogen-bond acceptors (Lipinski definition) is 4. The van der Waals surface area contributed by atoms with E-state index in [-0.39, 0.29) is 10.8 Å². The second-order valence-electron chi connectivity index (χ2n) is 5.50. The minimum atomic E-state index is -0.687. The lowest BCUT2D eigenvalue weighted by Gasteiger charge is -2.15. The third-order valence-electron chi connectivity index (χ3n) is 3.73. The summed E-state index contributed by atoms with van der Waals surface area (Å²) in [6.07, 6.45) is -0.687. The van der Waals surface area contributed by atoms with Crippen LogP contribution in [0.5, 0.6) is 5.75 Å². The van der Waals surface area contributed by atoms with Crippen LogP contribution in [0.1, 0.15) is 13.8 Å². The van der Waals surface area contributed by atoms with Crippen molar-refractivity contribution in [2.24, 2.45) is 0 Å². The number of carbonyl (C=O) groups excluding carboxylic acids is 1. The topological polar surface area (TPSA) is 60.3 Å². The summed E-state index contributed by atoms with van der Waals surface area (Å²) in [5.74, 6) is 0.255. The number of anilines is 1. The zero-order valence-corrected chi connectivity index (χ0v) is 15.4. The number of aryl methyl sites for hydroxylation is 1. The molecule has 2 aromatic carbocycles. The van der Waals surface area contributed by atoms with Gasteiger partial charge in [-0.1, -0.05) is 29.0 Å². The van der Waals surface area contributed by atoms with Gasteiger partial charge in [0, 0.05) is 17.3 Å². The number of aromatic nitrogens is 1. The number of benzene rings is 2. The van der Waals surface area contributed by atoms with Crippen molar-refractivity contribution < 1.29 is 9.53 Å². The lowest BCUT2D eigenvalue weighted by molar-refractivity contribution is -0.122. The summed E-state index contributed by atoms with van der Waals surface area (Å²) >= 11 is 7.08. The van der Waals surface area contributed by atoms with Crippen LogP contribution in [-0.4, -0.2) is 16.6 Å². The Kier molecular flexibility index (Phi) is 5.11. The van der Waals surface area contributed by atoms with E-state index < -0.39 is 6.10 Å². The molecule has 0 aliphatic rings. The molecule has 0 bridgehead atoms. The lowest BCUT2D eigenvalue weighted by atomic mass is 10.2. The molecule has 25 heavy (non-hydrogen) atoms. The van der Waals surface area contributed by atoms with Gasteiger partial charge in [-0.2, -0.15) is 0 Å². The van der Waals surface area contributed by atoms with Crippen molar-refractivity contribution in [2.75, 3.05) is 5.32 Å². The van der Waals surface area contributed by atoms with Gasteiger partial charge in [0.25, 0.3) is 5.91 Å². The van der Waals surface area contributed by atoms with Crippen molar-refractivity contribution in [3.05, 3.63) is 57.2 Å². The molecule has 3 aromatic rings. The van der Waals surface area contributed by atoms with Crippen molar-refractivity contribution in [3.63, 3.8) is 0 Å². The molecule has 1 heterocycles. The van der Waals surface area contributed by atoms with Crippen LogP contribution >= 0.6 is 22.9 Å². The highest BCUT2D eigenvalue weighted by molar-refractivity contribution is 7.16. The van der Waals surface area contributed by atoms with E-state index in [1.54, 1.807) is 47.9 Å². The molecule has 130 valence electrons. The van der Waals surface area contributed by atoms with Gasteiger partial charge in [0.05, 0.1) is 10.2 Å². The second kappa shape index (κ2) is 7.29. The van der Waals surface area contributed by atoms with E-state index >= 15 is 0 Å². The summed E-state index contributed by atoms with van der Waals surface area (Å²) in [6, 6.07) is 12.3. The van der Waals surface area contributed by atoms with Crippen LogP contribution < -0.4 is 14.9 Å². The zero-order valence-electron chi connectivity index (χ0n) is 13.8. The van der Waals surface area contributed by atoms with E-state index in [0.717, 1.165) is 10.2 Å². The number of nitrogens with zero attached hydrogens (tertiary/aromatic N) is 1. The van der Waals surface area contributed by atoms with Crippen LogP contribution in [0.3, 0.4) is 0 Å². The number of ether oxygens (including phenoxy) is 1. The van der Waals surface area contributed by atoms with Crippen LogP contribution in [0, 0.1) is 0 Å². The van der Waals surface area contributed by atoms with Crippen LogP contribution in [0.4, 0.5) is 5.69 Å². The van der Waals surface area contributed by atoms with Crippen molar-refractivity contribution in [1.29, 1.82) is 0 Å². The predicted octanol–water partition coefficient (Wildman–Crippen LogP) is 4.14. The molecule has 0 aliphatic carbocycles. The molecule has 0 saturated carbocycles. The maximum absolute atomic E-state index is 12.3. The molecule has 1 N–H and O–H groups in total. The number of carbonyl (C=O) groups is 1. The summed E-state index contributed by atoms with van der Waals surface area (Å²) in [7, 11) is 0. The summed E-state index contributed by atoms with van der Waals surface area (Å²) in [5, 5.41) is 3.36. The fraction of sp³-hybridized carbons (Fsp3) is 0.222. The molecule has 0 aliphatic heterocycles. The first-order valence-electron chi connectivity index (χ1n) is 7.84. The average Bonchev–Trinajstić information content (AvgIpc) is 2.89. The van der Waals surface area contributed by atoms with Gasteiger partial charge >= 0.3 is 4.87 Å². The molecule has 0 fully saturated rings. The second-order valence-corrected chi connectivity index (χ2v) is 6.93. The standard InChI is InChI=1S/C18H17ClN2O3S/c1-3-21-15-8-7-13(10-16(15)25-18(21)23)20-17(22)11(2)24-14-6-4-5-12(19)9-14/h4-11H,3H2,1-2H3,(H,20,22)/t11-/m1/s1. The van der Waals surface area contributed by atoms with E-state index in [1.165, 1.54) is 11.3 Å². The number of amides is 1. The number of rotatable bonds is 5. The van der Waals surface area contributed by atoms with E-state index in [2.05, 4.69) is 5.32 Å². The third-order valence-corrected chi connectivity index (χ3v) is 4.91. The number of halogens is 1. The van der Waals surface area contributed by atoms with Gasteiger partial charge in [0.15, 0.2) is 6.10 Å². The maximum Gasteiger partial charge on any atom is 0.308 e. The molecule has 0 radical (unpaired) electrons. The number of fused-ring (bicyclic) bond motifs is 1. The average molecular weight is 377 g/mol. The summed E-state index contributed by atoms with van der Waals surface area (Å²) in [4.78, 5) is 24.2. The monoisotopic (exact) mass is 376 g/mol. The Morgan fingerprint density at radius 3 is 2.84 bits per heavy atom. The Labute approximate surface area is 153 Å². The minimum Gasteiger partial charge on any atom is -0.481 e. The van der Waals surface area contributed by atoms with Gasteiger partial charge in [-0.25, -0.2) is 0 Å². The van der Waals surface area contributed by atoms with Gasteiger partial charge in [-0.3, -0.25) is 14.2 Å². The van der Waals surface area contributed by atoms with Gasteiger partial charge in [0.2, 0.25) is 0 Å². The summed E-state index contributed by atoms with van der Waals surface area (Å²) < 4.78 is 8.15. The smallest absolute Gasteiger partial charge is 0.308 e. The highest BCUT2D eigenvalue weighted by Crippen LogP contribution is 2.23. The van der Waals surface area contributed by atoms with Crippen molar-refractivity contribution in [2.45, 2.75) is 26.5 Å². The quantitative estimate of drug-likeness (QED) is 0.727. The molecular formula is C18H17ClN2O3S. The molecule has 1 amide bonds. The number of nitrogens with one attached hydrogen (secondary N) is 1. The van der Waals surface area contributed by atoms with Gasteiger partial charge in [-0.15, -0.1) is 0 Å². The summed E-state index contributed by atoms with van der Waals surface area (Å²) in [6.45, 7) is 4.22. The van der Waals surface area contributed by atoms with Gasteiger partial charge in [-0.05, 0) is 50.2 Å². The van der Waals surface area contributed by atoms with Crippen molar-refractivity contribution in [1.82, 2.24) is 4.57 Å². The Morgan fingerprint density at radius 2 is 2.12 bits per heavy atom. The molecule has 0 saturated heterocycles. The molecule has 3 rings (SSSR count). The predicted molar refractivity (Wildman–Crippen MR) is 102 cm³/mol.